The van der Waals surface area contributed by atoms with Crippen LogP contribution in [0.15, 0.2) is 47.4 Å². The third-order valence-corrected chi connectivity index (χ3v) is 4.88. The lowest BCUT2D eigenvalue weighted by Crippen LogP contribution is -2.21. The van der Waals surface area contributed by atoms with Gasteiger partial charge in [0.15, 0.2) is 6.61 Å². The number of hydrogen-bond donors (Lipinski definition) is 1. The van der Waals surface area contributed by atoms with Gasteiger partial charge in [-0.2, -0.15) is 0 Å². The molecule has 0 aliphatic rings. The van der Waals surface area contributed by atoms with Gasteiger partial charge in [0.2, 0.25) is 0 Å². The summed E-state index contributed by atoms with van der Waals surface area (Å²) < 4.78 is 5.11. The number of ether oxygens (including phenoxy) is 1. The van der Waals surface area contributed by atoms with Crippen LogP contribution in [0.3, 0.4) is 0 Å². The summed E-state index contributed by atoms with van der Waals surface area (Å²) in [5.41, 5.74) is 3.20. The lowest BCUT2D eigenvalue weighted by molar-refractivity contribution is -0.119. The van der Waals surface area contributed by atoms with Gasteiger partial charge in [0.05, 0.1) is 11.3 Å². The predicted molar refractivity (Wildman–Crippen MR) is 103 cm³/mol. The minimum absolute atomic E-state index is 0.0194. The summed E-state index contributed by atoms with van der Waals surface area (Å²) in [6, 6.07) is 12.4. The molecule has 2 rings (SSSR count). The number of esters is 1. The van der Waals surface area contributed by atoms with E-state index in [2.05, 4.69) is 5.32 Å². The first kappa shape index (κ1) is 19.7. The van der Waals surface area contributed by atoms with Gasteiger partial charge in [-0.25, -0.2) is 4.79 Å². The molecule has 5 nitrogen and oxygen atoms in total. The summed E-state index contributed by atoms with van der Waals surface area (Å²) in [5.74, 6) is -0.703. The largest absolute Gasteiger partial charge is 0.452 e. The molecule has 136 valence electrons. The van der Waals surface area contributed by atoms with E-state index < -0.39 is 11.9 Å². The smallest absolute Gasteiger partial charge is 0.339 e. The average molecular weight is 371 g/mol. The SMILES string of the molecule is CC(=O)CSc1ccccc1C(=O)OCC(=O)Nc1ccc(C)c(C)c1. The molecular formula is C20H21NO4S. The van der Waals surface area contributed by atoms with Crippen molar-refractivity contribution < 1.29 is 19.1 Å². The highest BCUT2D eigenvalue weighted by Crippen LogP contribution is 2.23. The molecule has 0 saturated carbocycles. The Kier molecular flexibility index (Phi) is 6.97. The van der Waals surface area contributed by atoms with E-state index in [1.165, 1.54) is 18.7 Å². The molecule has 0 radical (unpaired) electrons. The normalized spacial score (nSPS) is 10.3. The number of rotatable bonds is 7. The van der Waals surface area contributed by atoms with Crippen molar-refractivity contribution in [1.82, 2.24) is 0 Å². The Labute approximate surface area is 157 Å². The topological polar surface area (TPSA) is 72.5 Å². The Morgan fingerprint density at radius 1 is 1.04 bits per heavy atom. The lowest BCUT2D eigenvalue weighted by atomic mass is 10.1. The molecule has 2 aromatic rings. The number of amides is 1. The lowest BCUT2D eigenvalue weighted by Gasteiger charge is -2.10. The van der Waals surface area contributed by atoms with Crippen molar-refractivity contribution in [3.05, 3.63) is 59.2 Å². The summed E-state index contributed by atoms with van der Waals surface area (Å²) in [4.78, 5) is 36.1. The monoisotopic (exact) mass is 371 g/mol. The van der Waals surface area contributed by atoms with Crippen LogP contribution in [0.25, 0.3) is 0 Å². The molecule has 0 bridgehead atoms. The third-order valence-electron chi connectivity index (χ3n) is 3.66. The number of nitrogens with one attached hydrogen (secondary N) is 1. The molecular weight excluding hydrogens is 350 g/mol. The van der Waals surface area contributed by atoms with E-state index in [0.29, 0.717) is 16.1 Å². The maximum atomic E-state index is 12.3. The van der Waals surface area contributed by atoms with Crippen LogP contribution in [0.1, 0.15) is 28.4 Å². The molecule has 0 aliphatic heterocycles. The zero-order valence-electron chi connectivity index (χ0n) is 15.0. The van der Waals surface area contributed by atoms with Gasteiger partial charge in [-0.1, -0.05) is 18.2 Å². The molecule has 0 atom stereocenters. The van der Waals surface area contributed by atoms with E-state index in [9.17, 15) is 14.4 Å². The van der Waals surface area contributed by atoms with Crippen LogP contribution in [-0.4, -0.2) is 30.0 Å². The van der Waals surface area contributed by atoms with E-state index >= 15 is 0 Å². The number of hydrogen-bond acceptors (Lipinski definition) is 5. The van der Waals surface area contributed by atoms with Crippen LogP contribution in [0.4, 0.5) is 5.69 Å². The van der Waals surface area contributed by atoms with Gasteiger partial charge in [0, 0.05) is 10.6 Å². The molecule has 26 heavy (non-hydrogen) atoms. The maximum absolute atomic E-state index is 12.3. The average Bonchev–Trinajstić information content (AvgIpc) is 2.61. The van der Waals surface area contributed by atoms with Gasteiger partial charge in [-0.15, -0.1) is 11.8 Å². The van der Waals surface area contributed by atoms with Crippen LogP contribution in [0.5, 0.6) is 0 Å². The zero-order valence-corrected chi connectivity index (χ0v) is 15.8. The van der Waals surface area contributed by atoms with Crippen molar-refractivity contribution in [3.8, 4) is 0 Å². The third kappa shape index (κ3) is 5.74. The van der Waals surface area contributed by atoms with Gasteiger partial charge in [0.25, 0.3) is 5.91 Å². The number of carbonyl (C=O) groups excluding carboxylic acids is 3. The van der Waals surface area contributed by atoms with E-state index in [0.717, 1.165) is 11.1 Å². The fraction of sp³-hybridized carbons (Fsp3) is 0.250. The highest BCUT2D eigenvalue weighted by Gasteiger charge is 2.15. The molecule has 0 unspecified atom stereocenters. The number of benzene rings is 2. The molecule has 0 fully saturated rings. The number of aryl methyl sites for hydroxylation is 2. The minimum Gasteiger partial charge on any atom is -0.452 e. The van der Waals surface area contributed by atoms with E-state index in [1.807, 2.05) is 26.0 Å². The first-order valence-electron chi connectivity index (χ1n) is 8.12. The van der Waals surface area contributed by atoms with Crippen LogP contribution < -0.4 is 5.32 Å². The Bertz CT molecular complexity index is 832. The van der Waals surface area contributed by atoms with Crippen molar-refractivity contribution >= 4 is 35.1 Å². The van der Waals surface area contributed by atoms with Gasteiger partial charge < -0.3 is 10.1 Å². The van der Waals surface area contributed by atoms with Gasteiger partial charge in [0.1, 0.15) is 5.78 Å². The zero-order chi connectivity index (χ0) is 19.1. The summed E-state index contributed by atoms with van der Waals surface area (Å²) in [6.07, 6.45) is 0. The summed E-state index contributed by atoms with van der Waals surface area (Å²) >= 11 is 1.27. The molecule has 0 aliphatic carbocycles. The van der Waals surface area contributed by atoms with Crippen molar-refractivity contribution in [2.75, 3.05) is 17.7 Å². The van der Waals surface area contributed by atoms with Crippen LogP contribution in [-0.2, 0) is 14.3 Å². The fourth-order valence-corrected chi connectivity index (χ4v) is 3.01. The predicted octanol–water partition coefficient (Wildman–Crippen LogP) is 3.78. The second kappa shape index (κ2) is 9.20. The summed E-state index contributed by atoms with van der Waals surface area (Å²) in [7, 11) is 0. The molecule has 1 amide bonds. The van der Waals surface area contributed by atoms with Crippen molar-refractivity contribution in [1.29, 1.82) is 0 Å². The Balaban J connectivity index is 1.94. The Morgan fingerprint density at radius 2 is 1.77 bits per heavy atom. The highest BCUT2D eigenvalue weighted by atomic mass is 32.2. The number of thioether (sulfide) groups is 1. The van der Waals surface area contributed by atoms with Gasteiger partial charge >= 0.3 is 5.97 Å². The maximum Gasteiger partial charge on any atom is 0.339 e. The first-order chi connectivity index (χ1) is 12.4. The van der Waals surface area contributed by atoms with E-state index in [1.54, 1.807) is 30.3 Å². The molecule has 0 spiro atoms. The van der Waals surface area contributed by atoms with Crippen molar-refractivity contribution in [2.24, 2.45) is 0 Å². The standard InChI is InChI=1S/C20H21NO4S/c1-13-8-9-16(10-14(13)2)21-19(23)11-25-20(24)17-6-4-5-7-18(17)26-12-15(3)22/h4-10H,11-12H2,1-3H3,(H,21,23). The summed E-state index contributed by atoms with van der Waals surface area (Å²) in [6.45, 7) is 5.06. The first-order valence-corrected chi connectivity index (χ1v) is 9.11. The van der Waals surface area contributed by atoms with Crippen LogP contribution >= 0.6 is 11.8 Å². The molecule has 0 aromatic heterocycles. The van der Waals surface area contributed by atoms with Gasteiger partial charge in [-0.05, 0) is 56.2 Å². The fourth-order valence-electron chi connectivity index (χ4n) is 2.17. The van der Waals surface area contributed by atoms with E-state index in [-0.39, 0.29) is 18.1 Å². The molecule has 2 aromatic carbocycles. The summed E-state index contributed by atoms with van der Waals surface area (Å²) in [5, 5.41) is 2.71. The van der Waals surface area contributed by atoms with Crippen LogP contribution in [0.2, 0.25) is 0 Å². The Morgan fingerprint density at radius 3 is 2.46 bits per heavy atom. The van der Waals surface area contributed by atoms with Crippen molar-refractivity contribution in [3.63, 3.8) is 0 Å². The van der Waals surface area contributed by atoms with Crippen molar-refractivity contribution in [2.45, 2.75) is 25.7 Å². The second-order valence-corrected chi connectivity index (χ2v) is 6.93. The number of Topliss-reactive ketones (excluding diaryl/α,β-unsaturated/α-hetero) is 1. The number of anilines is 1. The quantitative estimate of drug-likeness (QED) is 0.592. The number of ketones is 1. The Hall–Kier alpha value is -2.60. The molecule has 6 heteroatoms. The minimum atomic E-state index is -0.591. The van der Waals surface area contributed by atoms with E-state index in [4.69, 9.17) is 4.74 Å². The molecule has 0 saturated heterocycles. The number of carbonyl (C=O) groups is 3. The highest BCUT2D eigenvalue weighted by molar-refractivity contribution is 8.00. The molecule has 0 heterocycles. The van der Waals surface area contributed by atoms with Crippen LogP contribution in [0, 0.1) is 13.8 Å². The second-order valence-electron chi connectivity index (χ2n) is 5.91. The van der Waals surface area contributed by atoms with Gasteiger partial charge in [-0.3, -0.25) is 9.59 Å². The molecule has 1 N–H and O–H groups in total.